The number of piperidine rings is 1. The maximum atomic E-state index is 13.9. The fraction of sp³-hybridized carbons (Fsp3) is 0.556. The number of rotatable bonds is 3. The maximum absolute atomic E-state index is 13.9. The highest BCUT2D eigenvalue weighted by atomic mass is 32.2. The Morgan fingerprint density at radius 2 is 2.00 bits per heavy atom. The first-order valence-electron chi connectivity index (χ1n) is 8.61. The van der Waals surface area contributed by atoms with Crippen molar-refractivity contribution in [3.8, 4) is 0 Å². The lowest BCUT2D eigenvalue weighted by molar-refractivity contribution is -0.130. The molecule has 136 valence electrons. The second-order valence-corrected chi connectivity index (χ2v) is 8.71. The number of anilines is 1. The molecule has 0 aromatic heterocycles. The van der Waals surface area contributed by atoms with Crippen LogP contribution < -0.4 is 15.5 Å². The lowest BCUT2D eigenvalue weighted by Gasteiger charge is -2.36. The monoisotopic (exact) mass is 365 g/mol. The van der Waals surface area contributed by atoms with E-state index in [1.807, 2.05) is 24.8 Å². The summed E-state index contributed by atoms with van der Waals surface area (Å²) < 4.78 is 13.4. The van der Waals surface area contributed by atoms with Gasteiger partial charge in [-0.3, -0.25) is 9.59 Å². The third kappa shape index (κ3) is 4.08. The number of hydrogen-bond acceptors (Lipinski definition) is 4. The van der Waals surface area contributed by atoms with E-state index in [0.717, 1.165) is 12.8 Å². The zero-order valence-corrected chi connectivity index (χ0v) is 15.4. The summed E-state index contributed by atoms with van der Waals surface area (Å²) in [5.41, 5.74) is 0.616. The first-order valence-corrected chi connectivity index (χ1v) is 9.60. The summed E-state index contributed by atoms with van der Waals surface area (Å²) >= 11 is 1.50. The van der Waals surface area contributed by atoms with Gasteiger partial charge in [0.15, 0.2) is 0 Å². The fourth-order valence-corrected chi connectivity index (χ4v) is 4.15. The molecule has 0 aliphatic carbocycles. The molecular formula is C18H24FN3O2S. The third-order valence-corrected chi connectivity index (χ3v) is 6.22. The van der Waals surface area contributed by atoms with Crippen molar-refractivity contribution < 1.29 is 14.0 Å². The summed E-state index contributed by atoms with van der Waals surface area (Å²) in [5, 5.41) is 5.84. The van der Waals surface area contributed by atoms with E-state index in [9.17, 15) is 14.0 Å². The van der Waals surface area contributed by atoms with Gasteiger partial charge in [-0.25, -0.2) is 4.39 Å². The minimum absolute atomic E-state index is 0.0624. The van der Waals surface area contributed by atoms with Gasteiger partial charge in [0.2, 0.25) is 11.8 Å². The largest absolute Gasteiger partial charge is 0.369 e. The van der Waals surface area contributed by atoms with E-state index in [0.29, 0.717) is 24.5 Å². The normalized spacial score (nSPS) is 23.9. The molecule has 3 rings (SSSR count). The number of carbonyl (C=O) groups excluding carboxylic acids is 2. The summed E-state index contributed by atoms with van der Waals surface area (Å²) in [6, 6.07) is 6.35. The van der Waals surface area contributed by atoms with E-state index in [2.05, 4.69) is 10.6 Å². The minimum Gasteiger partial charge on any atom is -0.369 e. The molecule has 25 heavy (non-hydrogen) atoms. The second-order valence-electron chi connectivity index (χ2n) is 7.07. The Labute approximate surface area is 151 Å². The molecule has 2 amide bonds. The second kappa shape index (κ2) is 7.23. The quantitative estimate of drug-likeness (QED) is 0.859. The highest BCUT2D eigenvalue weighted by Gasteiger charge is 2.38. The Hall–Kier alpha value is -1.76. The molecule has 1 aromatic carbocycles. The van der Waals surface area contributed by atoms with E-state index in [1.54, 1.807) is 12.1 Å². The topological polar surface area (TPSA) is 61.4 Å². The van der Waals surface area contributed by atoms with Crippen LogP contribution >= 0.6 is 11.8 Å². The van der Waals surface area contributed by atoms with Crippen molar-refractivity contribution in [2.24, 2.45) is 0 Å². The summed E-state index contributed by atoms with van der Waals surface area (Å²) in [6.07, 6.45) is 1.53. The van der Waals surface area contributed by atoms with Gasteiger partial charge in [-0.15, -0.1) is 11.8 Å². The Balaban J connectivity index is 1.50. The van der Waals surface area contributed by atoms with Crippen LogP contribution in [0.3, 0.4) is 0 Å². The van der Waals surface area contributed by atoms with Crippen molar-refractivity contribution in [2.45, 2.75) is 43.5 Å². The van der Waals surface area contributed by atoms with Gasteiger partial charge >= 0.3 is 0 Å². The van der Waals surface area contributed by atoms with Gasteiger partial charge in [0, 0.05) is 24.9 Å². The summed E-state index contributed by atoms with van der Waals surface area (Å²) in [5.74, 6) is 0.145. The standard InChI is InChI=1S/C18H24FN3O2S/c1-18(2)17(24)21-14(11-25-18)16(23)20-12-7-9-22(10-8-12)15-6-4-3-5-13(15)19/h3-6,12,14H,7-11H2,1-2H3,(H,20,23)(H,21,24). The molecule has 0 saturated carbocycles. The van der Waals surface area contributed by atoms with E-state index in [4.69, 9.17) is 0 Å². The Bertz CT molecular complexity index is 659. The maximum Gasteiger partial charge on any atom is 0.243 e. The van der Waals surface area contributed by atoms with Gasteiger partial charge in [-0.1, -0.05) is 12.1 Å². The molecule has 2 fully saturated rings. The average molecular weight is 365 g/mol. The number of nitrogens with one attached hydrogen (secondary N) is 2. The SMILES string of the molecule is CC1(C)SCC(C(=O)NC2CCN(c3ccccc3F)CC2)NC1=O. The first-order chi connectivity index (χ1) is 11.9. The van der Waals surface area contributed by atoms with Crippen LogP contribution in [0.4, 0.5) is 10.1 Å². The van der Waals surface area contributed by atoms with Crippen LogP contribution in [-0.2, 0) is 9.59 Å². The van der Waals surface area contributed by atoms with E-state index in [1.165, 1.54) is 17.8 Å². The molecule has 7 heteroatoms. The van der Waals surface area contributed by atoms with Crippen LogP contribution in [0.25, 0.3) is 0 Å². The smallest absolute Gasteiger partial charge is 0.243 e. The zero-order chi connectivity index (χ0) is 18.0. The van der Waals surface area contributed by atoms with Gasteiger partial charge in [0.05, 0.1) is 10.4 Å². The van der Waals surface area contributed by atoms with Gasteiger partial charge in [-0.05, 0) is 38.8 Å². The van der Waals surface area contributed by atoms with Crippen molar-refractivity contribution in [1.29, 1.82) is 0 Å². The van der Waals surface area contributed by atoms with Gasteiger partial charge < -0.3 is 15.5 Å². The lowest BCUT2D eigenvalue weighted by Crippen LogP contribution is -2.59. The molecule has 1 atom stereocenters. The van der Waals surface area contributed by atoms with Crippen LogP contribution in [0, 0.1) is 5.82 Å². The van der Waals surface area contributed by atoms with Crippen LogP contribution in [0.2, 0.25) is 0 Å². The molecule has 2 N–H and O–H groups in total. The summed E-state index contributed by atoms with van der Waals surface area (Å²) in [4.78, 5) is 26.4. The van der Waals surface area contributed by atoms with E-state index in [-0.39, 0.29) is 23.7 Å². The zero-order valence-electron chi connectivity index (χ0n) is 14.5. The molecule has 0 radical (unpaired) electrons. The Morgan fingerprint density at radius 3 is 2.64 bits per heavy atom. The van der Waals surface area contributed by atoms with Gasteiger partial charge in [0.1, 0.15) is 11.9 Å². The van der Waals surface area contributed by atoms with Crippen molar-refractivity contribution in [2.75, 3.05) is 23.7 Å². The van der Waals surface area contributed by atoms with Crippen molar-refractivity contribution in [3.05, 3.63) is 30.1 Å². The third-order valence-electron chi connectivity index (χ3n) is 4.81. The molecule has 0 spiro atoms. The Kier molecular flexibility index (Phi) is 5.22. The van der Waals surface area contributed by atoms with Crippen LogP contribution in [0.1, 0.15) is 26.7 Å². The molecule has 5 nitrogen and oxygen atoms in total. The number of carbonyl (C=O) groups is 2. The molecule has 1 aromatic rings. The average Bonchev–Trinajstić information content (AvgIpc) is 2.58. The molecule has 2 aliphatic rings. The number of para-hydroxylation sites is 1. The van der Waals surface area contributed by atoms with Crippen LogP contribution in [0.15, 0.2) is 24.3 Å². The van der Waals surface area contributed by atoms with Crippen LogP contribution in [-0.4, -0.2) is 47.5 Å². The molecular weight excluding hydrogens is 341 g/mol. The molecule has 2 aliphatic heterocycles. The molecule has 0 bridgehead atoms. The number of benzene rings is 1. The number of nitrogens with zero attached hydrogens (tertiary/aromatic N) is 1. The van der Waals surface area contributed by atoms with Gasteiger partial charge in [0.25, 0.3) is 0 Å². The predicted molar refractivity (Wildman–Crippen MR) is 98.2 cm³/mol. The highest BCUT2D eigenvalue weighted by molar-refractivity contribution is 8.01. The summed E-state index contributed by atoms with van der Waals surface area (Å²) in [6.45, 7) is 5.12. The van der Waals surface area contributed by atoms with Crippen molar-refractivity contribution >= 4 is 29.3 Å². The number of halogens is 1. The highest BCUT2D eigenvalue weighted by Crippen LogP contribution is 2.29. The predicted octanol–water partition coefficient (Wildman–Crippen LogP) is 1.92. The van der Waals surface area contributed by atoms with E-state index >= 15 is 0 Å². The number of thioether (sulfide) groups is 1. The minimum atomic E-state index is -0.484. The number of hydrogen-bond donors (Lipinski definition) is 2. The number of amides is 2. The molecule has 2 saturated heterocycles. The fourth-order valence-electron chi connectivity index (χ4n) is 3.15. The van der Waals surface area contributed by atoms with Crippen molar-refractivity contribution in [3.63, 3.8) is 0 Å². The Morgan fingerprint density at radius 1 is 1.32 bits per heavy atom. The first kappa shape index (κ1) is 18.0. The van der Waals surface area contributed by atoms with Crippen molar-refractivity contribution in [1.82, 2.24) is 10.6 Å². The van der Waals surface area contributed by atoms with Crippen LogP contribution in [0.5, 0.6) is 0 Å². The van der Waals surface area contributed by atoms with Gasteiger partial charge in [-0.2, -0.15) is 0 Å². The molecule has 1 unspecified atom stereocenters. The molecule has 2 heterocycles. The summed E-state index contributed by atoms with van der Waals surface area (Å²) in [7, 11) is 0. The lowest BCUT2D eigenvalue weighted by atomic mass is 10.0. The van der Waals surface area contributed by atoms with E-state index < -0.39 is 10.8 Å².